The molecule has 0 bridgehead atoms. The fourth-order valence-electron chi connectivity index (χ4n) is 18.1. The van der Waals surface area contributed by atoms with E-state index in [0.29, 0.717) is 77.4 Å². The van der Waals surface area contributed by atoms with Crippen LogP contribution in [0.1, 0.15) is 421 Å². The standard InChI is InChI=1S/C62H76N2O3S2.C24H48N2O3S2.C18H35BrO2.C16H31BrO2.C2H6O/c1-2-67-60(66)46-32-12-10-8-6-4-3-5-7-9-11-13-33-48-64(49-51-69-62(56-40-26-17-27-41-56,57-42-28-18-29-43-57)58-44-30-19-31-45-58)52-59(65)63-47-50-68-61(53-34-20-14-21-35-53,54-36-22-15-23-37-54)55-38-24-16-25-39-55;1-2-29-24(28)16-14-12-10-8-6-4-3-5-7-9-11-13-15-18-26(19-21-31)22-23(27)25-17-20-30;1-2-21-18(20)16-14-12-10-8-6-4-3-5-7-9-11-13-15-17-19;17-15-13-11-9-7-5-3-1-2-4-6-8-10-12-14-16(18)19;1-2-3/h14-31,34-45H,2-13,32-33,46-52H2,1H3,(H,63,65);30-31H,2-22H2,1H3,(H,25,27);2-17H2,1H3;1-15H2,(H,18,19);3H,2H2,1H3. The molecule has 0 aliphatic carbocycles. The third kappa shape index (κ3) is 71.7. The van der Waals surface area contributed by atoms with Crippen LogP contribution in [-0.4, -0.2) is 168 Å². The van der Waals surface area contributed by atoms with Crippen molar-refractivity contribution in [2.45, 2.75) is 397 Å². The number of amides is 2. The van der Waals surface area contributed by atoms with Crippen LogP contribution < -0.4 is 10.6 Å². The lowest BCUT2D eigenvalue weighted by atomic mass is 9.84. The molecule has 0 heterocycles. The smallest absolute Gasteiger partial charge is 0.305 e. The van der Waals surface area contributed by atoms with Gasteiger partial charge in [-0.3, -0.25) is 38.6 Å². The Kier molecular flexibility index (Phi) is 91.8. The summed E-state index contributed by atoms with van der Waals surface area (Å²) in [5, 5.41) is 24.6. The van der Waals surface area contributed by atoms with E-state index in [0.717, 1.165) is 112 Å². The fraction of sp³-hybridized carbons (Fsp3) is 0.656. The van der Waals surface area contributed by atoms with E-state index in [4.69, 9.17) is 24.4 Å². The van der Waals surface area contributed by atoms with E-state index >= 15 is 0 Å². The predicted molar refractivity (Wildman–Crippen MR) is 626 cm³/mol. The SMILES string of the molecule is CCO.CCOC(=O)CCCCCCCCCCCCCCCBr.CCOC(=O)CCCCCCCCCCCCCCCN(CCS)CC(=O)NCCS.CCOC(=O)CCCCCCCCCCCCCCCN(CCSC(c1ccccc1)(c1ccccc1)c1ccccc1)CC(=O)NCCSC(c1ccccc1)(c1ccccc1)c1ccccc1.O=C(O)CCCCCCCCCCCCCCCBr. The van der Waals surface area contributed by atoms with Crippen LogP contribution in [0.4, 0.5) is 0 Å². The predicted octanol–water partition coefficient (Wildman–Crippen LogP) is 32.5. The highest BCUT2D eigenvalue weighted by Crippen LogP contribution is 2.50. The van der Waals surface area contributed by atoms with Crippen molar-refractivity contribution in [2.75, 3.05) is 112 Å². The summed E-state index contributed by atoms with van der Waals surface area (Å²) in [6.07, 6.45) is 68.3. The minimum atomic E-state index is -0.656. The summed E-state index contributed by atoms with van der Waals surface area (Å²) in [6, 6.07) is 65.1. The number of nitrogens with zero attached hydrogens (tertiary/aromatic N) is 2. The minimum absolute atomic E-state index is 0.0337. The minimum Gasteiger partial charge on any atom is -0.481 e. The number of aliphatic hydroxyl groups is 1. The van der Waals surface area contributed by atoms with E-state index in [2.05, 4.69) is 260 Å². The van der Waals surface area contributed by atoms with Crippen molar-refractivity contribution in [3.8, 4) is 0 Å². The van der Waals surface area contributed by atoms with Crippen molar-refractivity contribution in [1.29, 1.82) is 0 Å². The third-order valence-corrected chi connectivity index (χ3v) is 30.4. The molecule has 0 fully saturated rings. The number of thiol groups is 2. The molecule has 143 heavy (non-hydrogen) atoms. The lowest BCUT2D eigenvalue weighted by Gasteiger charge is -2.36. The number of rotatable bonds is 87. The van der Waals surface area contributed by atoms with E-state index < -0.39 is 15.5 Å². The van der Waals surface area contributed by atoms with E-state index in [9.17, 15) is 28.8 Å². The molecular formula is C122H196Br2N4O11S4. The van der Waals surface area contributed by atoms with Crippen LogP contribution in [0.25, 0.3) is 0 Å². The second-order valence-electron chi connectivity index (χ2n) is 37.8. The molecule has 21 heteroatoms. The van der Waals surface area contributed by atoms with Gasteiger partial charge in [0, 0.05) is 92.1 Å². The molecule has 6 aromatic rings. The van der Waals surface area contributed by atoms with Crippen LogP contribution in [0, 0.1) is 0 Å². The molecule has 2 amide bonds. The first-order chi connectivity index (χ1) is 70.2. The van der Waals surface area contributed by atoms with Crippen LogP contribution in [-0.2, 0) is 52.5 Å². The summed E-state index contributed by atoms with van der Waals surface area (Å²) < 4.78 is 14.1. The highest BCUT2D eigenvalue weighted by Gasteiger charge is 2.39. The van der Waals surface area contributed by atoms with Crippen LogP contribution in [0.3, 0.4) is 0 Å². The number of benzene rings is 6. The van der Waals surface area contributed by atoms with Gasteiger partial charge < -0.3 is 35.1 Å². The quantitative estimate of drug-likeness (QED) is 0.00526. The van der Waals surface area contributed by atoms with Crippen molar-refractivity contribution < 1.29 is 53.2 Å². The first kappa shape index (κ1) is 133. The maximum atomic E-state index is 14.0. The Bertz CT molecular complexity index is 3670. The van der Waals surface area contributed by atoms with Crippen molar-refractivity contribution in [2.24, 2.45) is 0 Å². The Balaban J connectivity index is 0.000000764. The van der Waals surface area contributed by atoms with Crippen molar-refractivity contribution in [1.82, 2.24) is 20.4 Å². The number of halogens is 2. The van der Waals surface area contributed by atoms with E-state index in [1.807, 2.05) is 44.3 Å². The number of carboxylic acids is 1. The maximum Gasteiger partial charge on any atom is 0.305 e. The number of thioether (sulfide) groups is 2. The van der Waals surface area contributed by atoms with Crippen LogP contribution in [0.2, 0.25) is 0 Å². The van der Waals surface area contributed by atoms with Gasteiger partial charge in [-0.1, -0.05) is 496 Å². The number of aliphatic hydroxyl groups excluding tert-OH is 1. The first-order valence-electron chi connectivity index (χ1n) is 56.4. The summed E-state index contributed by atoms with van der Waals surface area (Å²) >= 11 is 19.2. The Morgan fingerprint density at radius 3 is 0.720 bits per heavy atom. The molecule has 6 rings (SSSR count). The number of carbonyl (C=O) groups is 6. The Hall–Kier alpha value is -5.62. The summed E-state index contributed by atoms with van der Waals surface area (Å²) in [5.74, 6) is 2.46. The second kappa shape index (κ2) is 98.4. The summed E-state index contributed by atoms with van der Waals surface area (Å²) in [5.41, 5.74) is 7.46. The Morgan fingerprint density at radius 1 is 0.287 bits per heavy atom. The van der Waals surface area contributed by atoms with Gasteiger partial charge >= 0.3 is 23.9 Å². The van der Waals surface area contributed by atoms with Crippen LogP contribution in [0.5, 0.6) is 0 Å². The van der Waals surface area contributed by atoms with E-state index in [1.165, 1.54) is 309 Å². The molecule has 808 valence electrons. The number of esters is 3. The number of nitrogens with one attached hydrogen (secondary N) is 2. The van der Waals surface area contributed by atoms with Gasteiger partial charge in [-0.25, -0.2) is 0 Å². The van der Waals surface area contributed by atoms with Gasteiger partial charge in [0.2, 0.25) is 11.8 Å². The zero-order valence-electron chi connectivity index (χ0n) is 89.6. The fourth-order valence-corrected chi connectivity index (χ4v) is 22.2. The summed E-state index contributed by atoms with van der Waals surface area (Å²) in [7, 11) is 0. The highest BCUT2D eigenvalue weighted by atomic mass is 79.9. The van der Waals surface area contributed by atoms with Gasteiger partial charge in [-0.15, -0.1) is 23.5 Å². The topological polar surface area (TPSA) is 201 Å². The van der Waals surface area contributed by atoms with Gasteiger partial charge in [0.15, 0.2) is 0 Å². The van der Waals surface area contributed by atoms with Gasteiger partial charge in [0.25, 0.3) is 0 Å². The molecule has 0 spiro atoms. The number of hydrogen-bond acceptors (Lipinski definition) is 16. The number of ether oxygens (including phenoxy) is 3. The zero-order valence-corrected chi connectivity index (χ0v) is 96.2. The number of carbonyl (C=O) groups excluding carboxylic acids is 5. The number of alkyl halides is 2. The zero-order chi connectivity index (χ0) is 104. The third-order valence-electron chi connectivity index (χ3n) is 25.8. The van der Waals surface area contributed by atoms with E-state index in [1.54, 1.807) is 6.92 Å². The van der Waals surface area contributed by atoms with Crippen LogP contribution in [0.15, 0.2) is 182 Å². The number of carboxylic acid groups (broad SMARTS) is 1. The second-order valence-corrected chi connectivity index (χ2v) is 42.9. The van der Waals surface area contributed by atoms with Gasteiger partial charge in [-0.2, -0.15) is 25.3 Å². The first-order valence-corrected chi connectivity index (χ1v) is 61.9. The maximum absolute atomic E-state index is 14.0. The van der Waals surface area contributed by atoms with Crippen molar-refractivity contribution >= 4 is 116 Å². The monoisotopic (exact) mass is 2180 g/mol. The van der Waals surface area contributed by atoms with Gasteiger partial charge in [0.05, 0.1) is 42.4 Å². The molecule has 6 aromatic carbocycles. The largest absolute Gasteiger partial charge is 0.481 e. The molecule has 0 saturated carbocycles. The van der Waals surface area contributed by atoms with Crippen molar-refractivity contribution in [3.63, 3.8) is 0 Å². The van der Waals surface area contributed by atoms with Crippen LogP contribution >= 0.6 is 80.6 Å². The van der Waals surface area contributed by atoms with Gasteiger partial charge in [0.1, 0.15) is 0 Å². The average Bonchev–Trinajstić information content (AvgIpc) is 0.763. The summed E-state index contributed by atoms with van der Waals surface area (Å²) in [4.78, 5) is 74.7. The summed E-state index contributed by atoms with van der Waals surface area (Å²) in [6.45, 7) is 14.6. The molecule has 0 aliphatic heterocycles. The molecule has 0 aliphatic rings. The molecule has 0 aromatic heterocycles. The number of unbranched alkanes of at least 4 members (excludes halogenated alkanes) is 48. The molecule has 0 atom stereocenters. The number of hydrogen-bond donors (Lipinski definition) is 6. The molecule has 15 nitrogen and oxygen atoms in total. The Morgan fingerprint density at radius 2 is 0.497 bits per heavy atom. The number of aliphatic carboxylic acids is 1. The lowest BCUT2D eigenvalue weighted by molar-refractivity contribution is -0.144. The normalized spacial score (nSPS) is 11.2. The molecule has 0 unspecified atom stereocenters. The molecular weight excluding hydrogens is 1990 g/mol. The van der Waals surface area contributed by atoms with E-state index in [-0.39, 0.29) is 36.3 Å². The molecule has 0 saturated heterocycles. The molecule has 0 radical (unpaired) electrons. The van der Waals surface area contributed by atoms with Gasteiger partial charge in [-0.05, 0) is 126 Å². The average molecular weight is 2180 g/mol. The molecule has 4 N–H and O–H groups in total. The van der Waals surface area contributed by atoms with Crippen molar-refractivity contribution in [3.05, 3.63) is 215 Å². The lowest BCUT2D eigenvalue weighted by Crippen LogP contribution is -2.40. The highest BCUT2D eigenvalue weighted by molar-refractivity contribution is 9.09. The Labute approximate surface area is 907 Å².